The maximum atomic E-state index is 8.93. The van der Waals surface area contributed by atoms with Crippen molar-refractivity contribution < 1.29 is 9.52 Å². The van der Waals surface area contributed by atoms with Crippen LogP contribution in [0.25, 0.3) is 0 Å². The average Bonchev–Trinajstić information content (AvgIpc) is 2.53. The van der Waals surface area contributed by atoms with Crippen molar-refractivity contribution in [3.63, 3.8) is 0 Å². The zero-order chi connectivity index (χ0) is 9.03. The van der Waals surface area contributed by atoms with Gasteiger partial charge in [0.2, 0.25) is 0 Å². The molecule has 1 aromatic heterocycles. The van der Waals surface area contributed by atoms with Crippen molar-refractivity contribution in [2.45, 2.75) is 25.9 Å². The molecule has 0 aliphatic rings. The van der Waals surface area contributed by atoms with Gasteiger partial charge < -0.3 is 14.8 Å². The minimum atomic E-state index is -0.243. The number of nitrogens with one attached hydrogen (secondary N) is 1. The van der Waals surface area contributed by atoms with Gasteiger partial charge in [-0.2, -0.15) is 0 Å². The van der Waals surface area contributed by atoms with Crippen molar-refractivity contribution in [1.82, 2.24) is 5.32 Å². The van der Waals surface area contributed by atoms with Gasteiger partial charge in [0.1, 0.15) is 5.76 Å². The largest absolute Gasteiger partial charge is 0.468 e. The van der Waals surface area contributed by atoms with Crippen LogP contribution in [0.5, 0.6) is 0 Å². The second-order valence-electron chi connectivity index (χ2n) is 3.47. The topological polar surface area (TPSA) is 45.4 Å². The molecule has 3 nitrogen and oxygen atoms in total. The van der Waals surface area contributed by atoms with E-state index in [-0.39, 0.29) is 12.1 Å². The molecule has 0 saturated carbocycles. The molecule has 0 aromatic carbocycles. The van der Waals surface area contributed by atoms with Gasteiger partial charge >= 0.3 is 0 Å². The molecular formula is C9H15NO2. The molecule has 12 heavy (non-hydrogen) atoms. The molecule has 3 heteroatoms. The highest BCUT2D eigenvalue weighted by molar-refractivity contribution is 4.98. The summed E-state index contributed by atoms with van der Waals surface area (Å²) in [5.74, 6) is 0.886. The van der Waals surface area contributed by atoms with Crippen molar-refractivity contribution in [2.24, 2.45) is 0 Å². The smallest absolute Gasteiger partial charge is 0.117 e. The third-order valence-electron chi connectivity index (χ3n) is 1.72. The van der Waals surface area contributed by atoms with Crippen LogP contribution in [0.2, 0.25) is 0 Å². The Morgan fingerprint density at radius 1 is 1.58 bits per heavy atom. The fourth-order valence-corrected chi connectivity index (χ4v) is 0.795. The molecule has 0 amide bonds. The van der Waals surface area contributed by atoms with Crippen LogP contribution in [-0.4, -0.2) is 17.3 Å². The molecule has 1 aromatic rings. The fourth-order valence-electron chi connectivity index (χ4n) is 0.795. The summed E-state index contributed by atoms with van der Waals surface area (Å²) < 4.78 is 5.13. The lowest BCUT2D eigenvalue weighted by Crippen LogP contribution is -2.41. The van der Waals surface area contributed by atoms with Crippen LogP contribution in [0.1, 0.15) is 19.6 Å². The molecule has 0 unspecified atom stereocenters. The molecule has 0 fully saturated rings. The van der Waals surface area contributed by atoms with E-state index in [0.29, 0.717) is 6.54 Å². The summed E-state index contributed by atoms with van der Waals surface area (Å²) in [6, 6.07) is 3.75. The summed E-state index contributed by atoms with van der Waals surface area (Å²) in [6.45, 7) is 4.65. The molecule has 0 aliphatic carbocycles. The van der Waals surface area contributed by atoms with Crippen molar-refractivity contribution in [1.29, 1.82) is 0 Å². The van der Waals surface area contributed by atoms with E-state index in [4.69, 9.17) is 9.52 Å². The van der Waals surface area contributed by atoms with Crippen molar-refractivity contribution in [3.05, 3.63) is 24.2 Å². The molecule has 1 heterocycles. The third kappa shape index (κ3) is 2.68. The first-order valence-corrected chi connectivity index (χ1v) is 4.02. The molecular weight excluding hydrogens is 154 g/mol. The van der Waals surface area contributed by atoms with Gasteiger partial charge in [0.15, 0.2) is 0 Å². The highest BCUT2D eigenvalue weighted by Crippen LogP contribution is 2.04. The Bertz CT molecular complexity index is 216. The zero-order valence-electron chi connectivity index (χ0n) is 7.50. The molecule has 0 atom stereocenters. The summed E-state index contributed by atoms with van der Waals surface area (Å²) in [5, 5.41) is 12.1. The number of hydrogen-bond donors (Lipinski definition) is 2. The first kappa shape index (κ1) is 9.29. The quantitative estimate of drug-likeness (QED) is 0.710. The molecule has 1 rings (SSSR count). The zero-order valence-corrected chi connectivity index (χ0v) is 7.50. The number of aliphatic hydroxyl groups excluding tert-OH is 1. The average molecular weight is 169 g/mol. The highest BCUT2D eigenvalue weighted by atomic mass is 16.3. The third-order valence-corrected chi connectivity index (χ3v) is 1.72. The minimum absolute atomic E-state index is 0.119. The number of rotatable bonds is 4. The molecule has 0 bridgehead atoms. The van der Waals surface area contributed by atoms with Gasteiger partial charge in [0.25, 0.3) is 0 Å². The van der Waals surface area contributed by atoms with Crippen LogP contribution >= 0.6 is 0 Å². The van der Waals surface area contributed by atoms with Gasteiger partial charge in [0.05, 0.1) is 19.4 Å². The van der Waals surface area contributed by atoms with Crippen LogP contribution in [-0.2, 0) is 6.54 Å². The monoisotopic (exact) mass is 169 g/mol. The van der Waals surface area contributed by atoms with E-state index in [0.717, 1.165) is 5.76 Å². The lowest BCUT2D eigenvalue weighted by Gasteiger charge is -2.22. The maximum absolute atomic E-state index is 8.93. The van der Waals surface area contributed by atoms with E-state index < -0.39 is 0 Å². The molecule has 0 radical (unpaired) electrons. The predicted molar refractivity (Wildman–Crippen MR) is 46.7 cm³/mol. The van der Waals surface area contributed by atoms with Crippen LogP contribution in [0.15, 0.2) is 22.8 Å². The Balaban J connectivity index is 2.36. The van der Waals surface area contributed by atoms with E-state index in [2.05, 4.69) is 5.32 Å². The summed E-state index contributed by atoms with van der Waals surface area (Å²) in [5.41, 5.74) is -0.243. The maximum Gasteiger partial charge on any atom is 0.117 e. The number of furan rings is 1. The van der Waals surface area contributed by atoms with Crippen LogP contribution in [0.4, 0.5) is 0 Å². The minimum Gasteiger partial charge on any atom is -0.468 e. The Morgan fingerprint density at radius 3 is 2.83 bits per heavy atom. The van der Waals surface area contributed by atoms with Crippen molar-refractivity contribution >= 4 is 0 Å². The van der Waals surface area contributed by atoms with E-state index in [1.54, 1.807) is 6.26 Å². The Kier molecular flexibility index (Phi) is 2.89. The highest BCUT2D eigenvalue weighted by Gasteiger charge is 2.14. The molecule has 0 spiro atoms. The summed E-state index contributed by atoms with van der Waals surface area (Å²) >= 11 is 0. The van der Waals surface area contributed by atoms with Crippen LogP contribution < -0.4 is 5.32 Å². The second-order valence-corrected chi connectivity index (χ2v) is 3.47. The summed E-state index contributed by atoms with van der Waals surface area (Å²) in [7, 11) is 0. The normalized spacial score (nSPS) is 11.9. The van der Waals surface area contributed by atoms with E-state index in [9.17, 15) is 0 Å². The van der Waals surface area contributed by atoms with Crippen molar-refractivity contribution in [3.8, 4) is 0 Å². The number of hydrogen-bond acceptors (Lipinski definition) is 3. The predicted octanol–water partition coefficient (Wildman–Crippen LogP) is 1.14. The van der Waals surface area contributed by atoms with E-state index >= 15 is 0 Å². The van der Waals surface area contributed by atoms with E-state index in [1.807, 2.05) is 26.0 Å². The molecule has 2 N–H and O–H groups in total. The van der Waals surface area contributed by atoms with Gasteiger partial charge in [-0.3, -0.25) is 0 Å². The van der Waals surface area contributed by atoms with Crippen molar-refractivity contribution in [2.75, 3.05) is 6.61 Å². The van der Waals surface area contributed by atoms with Crippen LogP contribution in [0, 0.1) is 0 Å². The summed E-state index contributed by atoms with van der Waals surface area (Å²) in [4.78, 5) is 0. The first-order chi connectivity index (χ1) is 5.64. The molecule has 0 aliphatic heterocycles. The van der Waals surface area contributed by atoms with Crippen LogP contribution in [0.3, 0.4) is 0 Å². The molecule has 0 saturated heterocycles. The van der Waals surface area contributed by atoms with Gasteiger partial charge in [0, 0.05) is 5.54 Å². The Morgan fingerprint density at radius 2 is 2.33 bits per heavy atom. The lowest BCUT2D eigenvalue weighted by atomic mass is 10.1. The number of aliphatic hydroxyl groups is 1. The fraction of sp³-hybridized carbons (Fsp3) is 0.556. The Labute approximate surface area is 72.4 Å². The van der Waals surface area contributed by atoms with Gasteiger partial charge in [-0.1, -0.05) is 0 Å². The molecule has 68 valence electrons. The summed E-state index contributed by atoms with van der Waals surface area (Å²) in [6.07, 6.45) is 1.64. The van der Waals surface area contributed by atoms with Gasteiger partial charge in [-0.25, -0.2) is 0 Å². The SMILES string of the molecule is CC(C)(CO)NCc1ccco1. The first-order valence-electron chi connectivity index (χ1n) is 4.02. The lowest BCUT2D eigenvalue weighted by molar-refractivity contribution is 0.184. The standard InChI is InChI=1S/C9H15NO2/c1-9(2,7-11)10-6-8-4-3-5-12-8/h3-5,10-11H,6-7H2,1-2H3. The van der Waals surface area contributed by atoms with E-state index in [1.165, 1.54) is 0 Å². The van der Waals surface area contributed by atoms with Gasteiger partial charge in [-0.05, 0) is 26.0 Å². The second kappa shape index (κ2) is 3.74. The van der Waals surface area contributed by atoms with Gasteiger partial charge in [-0.15, -0.1) is 0 Å². The Hall–Kier alpha value is -0.800.